The highest BCUT2D eigenvalue weighted by molar-refractivity contribution is 6.31. The van der Waals surface area contributed by atoms with Gasteiger partial charge in [-0.3, -0.25) is 9.59 Å². The fourth-order valence-corrected chi connectivity index (χ4v) is 3.07. The molecule has 1 amide bonds. The van der Waals surface area contributed by atoms with Crippen molar-refractivity contribution >= 4 is 23.5 Å². The molecule has 0 bridgehead atoms. The number of hydrogen-bond donors (Lipinski definition) is 0. The summed E-state index contributed by atoms with van der Waals surface area (Å²) in [5, 5.41) is 0.568. The average Bonchev–Trinajstić information content (AvgIpc) is 2.97. The molecule has 1 aliphatic heterocycles. The van der Waals surface area contributed by atoms with Crippen molar-refractivity contribution in [2.24, 2.45) is 5.92 Å². The molecular weight excluding hydrogens is 338 g/mol. The third-order valence-corrected chi connectivity index (χ3v) is 4.74. The molecule has 0 aromatic heterocycles. The maximum atomic E-state index is 12.3. The number of hydrogen-bond acceptors (Lipinski definition) is 3. The van der Waals surface area contributed by atoms with E-state index in [9.17, 15) is 9.59 Å². The first-order valence-corrected chi connectivity index (χ1v) is 8.64. The predicted molar refractivity (Wildman–Crippen MR) is 96.0 cm³/mol. The molecule has 0 unspecified atom stereocenters. The lowest BCUT2D eigenvalue weighted by Crippen LogP contribution is -2.26. The van der Waals surface area contributed by atoms with Gasteiger partial charge in [0.15, 0.2) is 0 Å². The number of nitrogens with zero attached hydrogens (tertiary/aromatic N) is 1. The van der Waals surface area contributed by atoms with E-state index in [0.29, 0.717) is 18.1 Å². The van der Waals surface area contributed by atoms with Crippen LogP contribution in [0.1, 0.15) is 23.1 Å². The van der Waals surface area contributed by atoms with E-state index in [1.807, 2.05) is 49.4 Å². The molecule has 0 spiro atoms. The first kappa shape index (κ1) is 17.5. The van der Waals surface area contributed by atoms with Gasteiger partial charge in [0.2, 0.25) is 5.91 Å². The monoisotopic (exact) mass is 357 g/mol. The summed E-state index contributed by atoms with van der Waals surface area (Å²) in [6.07, 6.45) is 0.202. The molecule has 25 heavy (non-hydrogen) atoms. The molecule has 3 rings (SSSR count). The molecular formula is C20H20ClNO3. The molecule has 0 radical (unpaired) electrons. The summed E-state index contributed by atoms with van der Waals surface area (Å²) in [4.78, 5) is 26.2. The number of ether oxygens (including phenoxy) is 1. The molecule has 1 heterocycles. The van der Waals surface area contributed by atoms with E-state index in [0.717, 1.165) is 11.1 Å². The fourth-order valence-electron chi connectivity index (χ4n) is 2.88. The Bertz CT molecular complexity index is 773. The van der Waals surface area contributed by atoms with Crippen LogP contribution in [-0.4, -0.2) is 23.3 Å². The zero-order valence-corrected chi connectivity index (χ0v) is 14.8. The van der Waals surface area contributed by atoms with Gasteiger partial charge in [-0.1, -0.05) is 59.6 Å². The van der Waals surface area contributed by atoms with Gasteiger partial charge in [0.1, 0.15) is 6.61 Å². The van der Waals surface area contributed by atoms with E-state index < -0.39 is 5.92 Å². The van der Waals surface area contributed by atoms with Crippen molar-refractivity contribution in [2.45, 2.75) is 26.5 Å². The van der Waals surface area contributed by atoms with Crippen molar-refractivity contribution in [3.05, 3.63) is 70.2 Å². The van der Waals surface area contributed by atoms with Crippen molar-refractivity contribution < 1.29 is 14.3 Å². The van der Waals surface area contributed by atoms with Crippen LogP contribution < -0.4 is 0 Å². The SMILES string of the molecule is Cc1ccc(CN2C[C@@H](C(=O)OCc3ccccc3Cl)CC2=O)cc1. The molecule has 0 N–H and O–H groups in total. The second-order valence-corrected chi connectivity index (χ2v) is 6.77. The molecule has 2 aromatic rings. The molecule has 1 saturated heterocycles. The van der Waals surface area contributed by atoms with Gasteiger partial charge in [-0.2, -0.15) is 0 Å². The van der Waals surface area contributed by atoms with Crippen LogP contribution in [-0.2, 0) is 27.5 Å². The summed E-state index contributed by atoms with van der Waals surface area (Å²) in [5.74, 6) is -0.777. The van der Waals surface area contributed by atoms with E-state index in [1.165, 1.54) is 5.56 Å². The maximum absolute atomic E-state index is 12.3. The van der Waals surface area contributed by atoms with Crippen molar-refractivity contribution in [1.82, 2.24) is 4.90 Å². The predicted octanol–water partition coefficient (Wildman–Crippen LogP) is 3.74. The number of benzene rings is 2. The van der Waals surface area contributed by atoms with Crippen LogP contribution >= 0.6 is 11.6 Å². The van der Waals surface area contributed by atoms with Crippen LogP contribution in [0.3, 0.4) is 0 Å². The summed E-state index contributed by atoms with van der Waals surface area (Å²) in [7, 11) is 0. The average molecular weight is 358 g/mol. The quantitative estimate of drug-likeness (QED) is 0.766. The number of halogens is 1. The van der Waals surface area contributed by atoms with Gasteiger partial charge in [0.25, 0.3) is 0 Å². The summed E-state index contributed by atoms with van der Waals surface area (Å²) < 4.78 is 5.35. The summed E-state index contributed by atoms with van der Waals surface area (Å²) in [6.45, 7) is 3.07. The van der Waals surface area contributed by atoms with E-state index in [2.05, 4.69) is 0 Å². The van der Waals surface area contributed by atoms with Crippen molar-refractivity contribution in [2.75, 3.05) is 6.54 Å². The number of carbonyl (C=O) groups excluding carboxylic acids is 2. The number of rotatable bonds is 5. The zero-order valence-electron chi connectivity index (χ0n) is 14.1. The molecule has 2 aromatic carbocycles. The molecule has 4 nitrogen and oxygen atoms in total. The number of esters is 1. The second-order valence-electron chi connectivity index (χ2n) is 6.36. The Balaban J connectivity index is 1.55. The van der Waals surface area contributed by atoms with Gasteiger partial charge in [-0.25, -0.2) is 0 Å². The Morgan fingerprint density at radius 2 is 1.92 bits per heavy atom. The lowest BCUT2D eigenvalue weighted by atomic mass is 10.1. The molecule has 1 atom stereocenters. The van der Waals surface area contributed by atoms with Gasteiger partial charge in [-0.05, 0) is 18.6 Å². The molecule has 0 aliphatic carbocycles. The lowest BCUT2D eigenvalue weighted by molar-refractivity contribution is -0.149. The maximum Gasteiger partial charge on any atom is 0.311 e. The molecule has 0 saturated carbocycles. The van der Waals surface area contributed by atoms with Crippen LogP contribution in [0.2, 0.25) is 5.02 Å². The van der Waals surface area contributed by atoms with Gasteiger partial charge < -0.3 is 9.64 Å². The summed E-state index contributed by atoms with van der Waals surface area (Å²) >= 11 is 6.06. The van der Waals surface area contributed by atoms with Gasteiger partial charge >= 0.3 is 5.97 Å². The van der Waals surface area contributed by atoms with Crippen LogP contribution in [0.4, 0.5) is 0 Å². The minimum Gasteiger partial charge on any atom is -0.460 e. The number of aryl methyl sites for hydroxylation is 1. The normalized spacial score (nSPS) is 17.0. The zero-order chi connectivity index (χ0) is 17.8. The van der Waals surface area contributed by atoms with Crippen LogP contribution in [0.15, 0.2) is 48.5 Å². The number of carbonyl (C=O) groups is 2. The van der Waals surface area contributed by atoms with Crippen LogP contribution in [0.25, 0.3) is 0 Å². The van der Waals surface area contributed by atoms with Crippen molar-refractivity contribution in [3.63, 3.8) is 0 Å². The molecule has 5 heteroatoms. The largest absolute Gasteiger partial charge is 0.460 e. The topological polar surface area (TPSA) is 46.6 Å². The van der Waals surface area contributed by atoms with E-state index in [4.69, 9.17) is 16.3 Å². The van der Waals surface area contributed by atoms with Crippen LogP contribution in [0.5, 0.6) is 0 Å². The molecule has 1 aliphatic rings. The standard InChI is InChI=1S/C20H20ClNO3/c1-14-6-8-15(9-7-14)11-22-12-17(10-19(22)23)20(24)25-13-16-4-2-3-5-18(16)21/h2-9,17H,10-13H2,1H3/t17-/m0/s1. The first-order chi connectivity index (χ1) is 12.0. The van der Waals surface area contributed by atoms with Gasteiger partial charge in [0.05, 0.1) is 5.92 Å². The van der Waals surface area contributed by atoms with E-state index in [-0.39, 0.29) is 24.9 Å². The van der Waals surface area contributed by atoms with Crippen molar-refractivity contribution in [1.29, 1.82) is 0 Å². The summed E-state index contributed by atoms with van der Waals surface area (Å²) in [5.41, 5.74) is 3.00. The Labute approximate surface area is 152 Å². The Kier molecular flexibility index (Phi) is 5.39. The smallest absolute Gasteiger partial charge is 0.311 e. The van der Waals surface area contributed by atoms with Crippen molar-refractivity contribution in [3.8, 4) is 0 Å². The van der Waals surface area contributed by atoms with Crippen LogP contribution in [0, 0.1) is 12.8 Å². The third-order valence-electron chi connectivity index (χ3n) is 4.37. The first-order valence-electron chi connectivity index (χ1n) is 8.26. The lowest BCUT2D eigenvalue weighted by Gasteiger charge is -2.16. The Morgan fingerprint density at radius 3 is 2.64 bits per heavy atom. The Hall–Kier alpha value is -2.33. The number of amides is 1. The Morgan fingerprint density at radius 1 is 1.20 bits per heavy atom. The molecule has 1 fully saturated rings. The van der Waals surface area contributed by atoms with E-state index in [1.54, 1.807) is 11.0 Å². The minimum absolute atomic E-state index is 0.0136. The second kappa shape index (κ2) is 7.70. The minimum atomic E-state index is -0.416. The highest BCUT2D eigenvalue weighted by atomic mass is 35.5. The fraction of sp³-hybridized carbons (Fsp3) is 0.300. The van der Waals surface area contributed by atoms with Gasteiger partial charge in [-0.15, -0.1) is 0 Å². The van der Waals surface area contributed by atoms with Gasteiger partial charge in [0, 0.05) is 30.1 Å². The number of likely N-dealkylation sites (tertiary alicyclic amines) is 1. The summed E-state index contributed by atoms with van der Waals surface area (Å²) in [6, 6.07) is 15.3. The van der Waals surface area contributed by atoms with E-state index >= 15 is 0 Å². The highest BCUT2D eigenvalue weighted by Crippen LogP contribution is 2.23. The highest BCUT2D eigenvalue weighted by Gasteiger charge is 2.35. The molecule has 130 valence electrons. The third kappa shape index (κ3) is 4.40.